The Kier molecular flexibility index (Phi) is 2.55. The van der Waals surface area contributed by atoms with E-state index in [-0.39, 0.29) is 10.7 Å². The second-order valence-corrected chi connectivity index (χ2v) is 3.55. The third-order valence-electron chi connectivity index (χ3n) is 1.95. The van der Waals surface area contributed by atoms with Gasteiger partial charge in [-0.2, -0.15) is 5.10 Å². The van der Waals surface area contributed by atoms with E-state index in [1.807, 2.05) is 19.3 Å². The molecule has 0 atom stereocenters. The van der Waals surface area contributed by atoms with Crippen LogP contribution in [0.4, 0.5) is 0 Å². The first-order valence-corrected chi connectivity index (χ1v) is 4.73. The molecule has 0 radical (unpaired) electrons. The molecule has 0 aliphatic heterocycles. The minimum atomic E-state index is -0.180. The van der Waals surface area contributed by atoms with E-state index in [4.69, 9.17) is 11.6 Å². The number of hydrogen-bond donors (Lipinski definition) is 0. The van der Waals surface area contributed by atoms with Crippen molar-refractivity contribution in [1.82, 2.24) is 19.3 Å². The molecule has 0 unspecified atom stereocenters. The maximum atomic E-state index is 11.5. The predicted octanol–water partition coefficient (Wildman–Crippen LogP) is 0.678. The van der Waals surface area contributed by atoms with Crippen molar-refractivity contribution in [2.45, 2.75) is 6.54 Å². The second-order valence-electron chi connectivity index (χ2n) is 3.16. The molecule has 0 saturated carbocycles. The highest BCUT2D eigenvalue weighted by Gasteiger charge is 2.01. The number of hydrogen-bond acceptors (Lipinski definition) is 3. The lowest BCUT2D eigenvalue weighted by atomic mass is 10.4. The van der Waals surface area contributed by atoms with Gasteiger partial charge < -0.3 is 0 Å². The molecule has 15 heavy (non-hydrogen) atoms. The molecule has 0 saturated heterocycles. The predicted molar refractivity (Wildman–Crippen MR) is 55.8 cm³/mol. The van der Waals surface area contributed by atoms with Crippen LogP contribution in [-0.4, -0.2) is 19.3 Å². The number of nitrogens with zero attached hydrogens (tertiary/aromatic N) is 4. The molecule has 0 aliphatic carbocycles. The Bertz CT molecular complexity index is 531. The molecule has 2 rings (SSSR count). The molecule has 6 heteroatoms. The molecule has 2 heterocycles. The van der Waals surface area contributed by atoms with Crippen LogP contribution in [-0.2, 0) is 13.6 Å². The van der Waals surface area contributed by atoms with Gasteiger partial charge in [0.15, 0.2) is 0 Å². The number of aromatic nitrogens is 4. The van der Waals surface area contributed by atoms with Gasteiger partial charge in [-0.15, -0.1) is 0 Å². The summed E-state index contributed by atoms with van der Waals surface area (Å²) in [6.07, 6.45) is 3.24. The number of rotatable bonds is 2. The van der Waals surface area contributed by atoms with Gasteiger partial charge in [-0.1, -0.05) is 11.6 Å². The molecule has 0 amide bonds. The number of halogens is 1. The molecule has 0 bridgehead atoms. The lowest BCUT2D eigenvalue weighted by Crippen LogP contribution is -2.20. The molecular formula is C9H9ClN4O. The van der Waals surface area contributed by atoms with Crippen LogP contribution in [0.15, 0.2) is 29.5 Å². The molecule has 0 aliphatic rings. The van der Waals surface area contributed by atoms with Gasteiger partial charge in [0.05, 0.1) is 18.6 Å². The smallest absolute Gasteiger partial charge is 0.255 e. The fourth-order valence-electron chi connectivity index (χ4n) is 1.24. The summed E-state index contributed by atoms with van der Waals surface area (Å²) in [6.45, 7) is 0.407. The molecule has 2 aromatic heterocycles. The molecule has 0 spiro atoms. The Labute approximate surface area is 90.9 Å². The summed E-state index contributed by atoms with van der Waals surface area (Å²) in [6, 6.07) is 3.13. The maximum absolute atomic E-state index is 11.5. The van der Waals surface area contributed by atoms with E-state index in [1.165, 1.54) is 17.0 Å². The van der Waals surface area contributed by atoms with Crippen LogP contribution in [0.5, 0.6) is 0 Å². The third kappa shape index (κ3) is 2.24. The Morgan fingerprint density at radius 3 is 2.93 bits per heavy atom. The van der Waals surface area contributed by atoms with Gasteiger partial charge >= 0.3 is 0 Å². The zero-order valence-corrected chi connectivity index (χ0v) is 8.85. The van der Waals surface area contributed by atoms with E-state index in [2.05, 4.69) is 10.1 Å². The highest BCUT2D eigenvalue weighted by Crippen LogP contribution is 1.99. The third-order valence-corrected chi connectivity index (χ3v) is 2.15. The molecule has 5 nitrogen and oxygen atoms in total. The first-order valence-electron chi connectivity index (χ1n) is 4.35. The minimum absolute atomic E-state index is 0.180. The van der Waals surface area contributed by atoms with E-state index in [0.29, 0.717) is 6.54 Å². The van der Waals surface area contributed by atoms with E-state index >= 15 is 0 Å². The SMILES string of the molecule is Cn1ccc(Cn2cnc(Cl)cc2=O)n1. The zero-order valence-electron chi connectivity index (χ0n) is 8.09. The summed E-state index contributed by atoms with van der Waals surface area (Å²) in [4.78, 5) is 15.3. The molecule has 0 N–H and O–H groups in total. The van der Waals surface area contributed by atoms with Crippen molar-refractivity contribution in [3.63, 3.8) is 0 Å². The summed E-state index contributed by atoms with van der Waals surface area (Å²) >= 11 is 5.58. The van der Waals surface area contributed by atoms with Gasteiger partial charge in [-0.25, -0.2) is 4.98 Å². The first kappa shape index (κ1) is 9.92. The van der Waals surface area contributed by atoms with Crippen molar-refractivity contribution >= 4 is 11.6 Å². The van der Waals surface area contributed by atoms with Crippen molar-refractivity contribution in [2.75, 3.05) is 0 Å². The summed E-state index contributed by atoms with van der Waals surface area (Å²) < 4.78 is 3.14. The monoisotopic (exact) mass is 224 g/mol. The van der Waals surface area contributed by atoms with E-state index in [1.54, 1.807) is 4.68 Å². The second kappa shape index (κ2) is 3.86. The maximum Gasteiger partial charge on any atom is 0.255 e. The Morgan fingerprint density at radius 2 is 2.33 bits per heavy atom. The van der Waals surface area contributed by atoms with Crippen LogP contribution in [0.25, 0.3) is 0 Å². The van der Waals surface area contributed by atoms with Gasteiger partial charge in [-0.05, 0) is 6.07 Å². The van der Waals surface area contributed by atoms with Crippen LogP contribution >= 0.6 is 11.6 Å². The van der Waals surface area contributed by atoms with Crippen LogP contribution in [0, 0.1) is 0 Å². The largest absolute Gasteiger partial charge is 0.293 e. The van der Waals surface area contributed by atoms with Crippen LogP contribution < -0.4 is 5.56 Å². The summed E-state index contributed by atoms with van der Waals surface area (Å²) in [5.74, 6) is 0. The average Bonchev–Trinajstić information content (AvgIpc) is 2.56. The van der Waals surface area contributed by atoms with Crippen LogP contribution in [0.3, 0.4) is 0 Å². The molecular weight excluding hydrogens is 216 g/mol. The first-order chi connectivity index (χ1) is 7.15. The average molecular weight is 225 g/mol. The Hall–Kier alpha value is -1.62. The van der Waals surface area contributed by atoms with Gasteiger partial charge in [0.1, 0.15) is 5.15 Å². The fraction of sp³-hybridized carbons (Fsp3) is 0.222. The van der Waals surface area contributed by atoms with E-state index in [9.17, 15) is 4.79 Å². The normalized spacial score (nSPS) is 10.5. The van der Waals surface area contributed by atoms with Gasteiger partial charge in [0, 0.05) is 19.3 Å². The topological polar surface area (TPSA) is 52.7 Å². The van der Waals surface area contributed by atoms with Crippen molar-refractivity contribution in [2.24, 2.45) is 7.05 Å². The number of aryl methyl sites for hydroxylation is 1. The van der Waals surface area contributed by atoms with Crippen molar-refractivity contribution < 1.29 is 0 Å². The quantitative estimate of drug-likeness (QED) is 0.705. The molecule has 78 valence electrons. The molecule has 0 fully saturated rings. The van der Waals surface area contributed by atoms with Gasteiger partial charge in [-0.3, -0.25) is 14.0 Å². The van der Waals surface area contributed by atoms with Gasteiger partial charge in [0.25, 0.3) is 5.56 Å². The Morgan fingerprint density at radius 1 is 1.53 bits per heavy atom. The van der Waals surface area contributed by atoms with Crippen LogP contribution in [0.2, 0.25) is 5.15 Å². The summed E-state index contributed by atoms with van der Waals surface area (Å²) in [5.41, 5.74) is 0.629. The highest BCUT2D eigenvalue weighted by molar-refractivity contribution is 6.29. The summed E-state index contributed by atoms with van der Waals surface area (Å²) in [7, 11) is 1.83. The van der Waals surface area contributed by atoms with E-state index < -0.39 is 0 Å². The lowest BCUT2D eigenvalue weighted by Gasteiger charge is -2.01. The van der Waals surface area contributed by atoms with Crippen molar-refractivity contribution in [3.8, 4) is 0 Å². The highest BCUT2D eigenvalue weighted by atomic mass is 35.5. The Balaban J connectivity index is 2.28. The molecule has 0 aromatic carbocycles. The van der Waals surface area contributed by atoms with Crippen molar-refractivity contribution in [3.05, 3.63) is 45.9 Å². The van der Waals surface area contributed by atoms with Gasteiger partial charge in [0.2, 0.25) is 0 Å². The standard InChI is InChI=1S/C9H9ClN4O/c1-13-3-2-7(12-13)5-14-6-11-8(10)4-9(14)15/h2-4,6H,5H2,1H3. The fourth-order valence-corrected chi connectivity index (χ4v) is 1.38. The molecule has 2 aromatic rings. The summed E-state index contributed by atoms with van der Waals surface area (Å²) in [5, 5.41) is 4.37. The van der Waals surface area contributed by atoms with E-state index in [0.717, 1.165) is 5.69 Å². The minimum Gasteiger partial charge on any atom is -0.293 e. The van der Waals surface area contributed by atoms with Crippen LogP contribution in [0.1, 0.15) is 5.69 Å². The van der Waals surface area contributed by atoms with Crippen molar-refractivity contribution in [1.29, 1.82) is 0 Å². The zero-order chi connectivity index (χ0) is 10.8. The lowest BCUT2D eigenvalue weighted by molar-refractivity contribution is 0.681.